The Bertz CT molecular complexity index is 524. The third-order valence-electron chi connectivity index (χ3n) is 5.85. The summed E-state index contributed by atoms with van der Waals surface area (Å²) >= 11 is 0. The van der Waals surface area contributed by atoms with Gasteiger partial charge >= 0.3 is 6.03 Å². The third kappa shape index (κ3) is 3.41. The molecule has 1 unspecified atom stereocenters. The van der Waals surface area contributed by atoms with Crippen LogP contribution in [0.3, 0.4) is 0 Å². The van der Waals surface area contributed by atoms with E-state index in [4.69, 9.17) is 5.73 Å². The molecular weight excluding hydrogens is 308 g/mol. The van der Waals surface area contributed by atoms with Crippen LogP contribution in [-0.4, -0.2) is 47.4 Å². The highest BCUT2D eigenvalue weighted by Gasteiger charge is 2.52. The summed E-state index contributed by atoms with van der Waals surface area (Å²) in [7, 11) is 0. The van der Waals surface area contributed by atoms with Gasteiger partial charge in [0, 0.05) is 12.6 Å². The molecular formula is C17H28N4O3. The number of carbonyl (C=O) groups is 3. The van der Waals surface area contributed by atoms with Crippen molar-refractivity contribution in [1.82, 2.24) is 15.5 Å². The van der Waals surface area contributed by atoms with Gasteiger partial charge in [0.15, 0.2) is 0 Å². The summed E-state index contributed by atoms with van der Waals surface area (Å²) < 4.78 is 0. The van der Waals surface area contributed by atoms with Crippen molar-refractivity contribution in [3.8, 4) is 0 Å². The molecule has 1 aliphatic heterocycles. The summed E-state index contributed by atoms with van der Waals surface area (Å²) in [5, 5.41) is 5.59. The van der Waals surface area contributed by atoms with Crippen molar-refractivity contribution < 1.29 is 14.4 Å². The lowest BCUT2D eigenvalue weighted by molar-refractivity contribution is -0.136. The zero-order valence-electron chi connectivity index (χ0n) is 14.3. The Hall–Kier alpha value is -1.63. The van der Waals surface area contributed by atoms with Crippen LogP contribution in [0.5, 0.6) is 0 Å². The number of amides is 4. The molecule has 7 nitrogen and oxygen atoms in total. The van der Waals surface area contributed by atoms with Crippen LogP contribution in [0, 0.1) is 11.8 Å². The van der Waals surface area contributed by atoms with Crippen LogP contribution in [-0.2, 0) is 9.59 Å². The minimum Gasteiger partial charge on any atom is -0.353 e. The van der Waals surface area contributed by atoms with Crippen LogP contribution in [0.2, 0.25) is 0 Å². The zero-order chi connectivity index (χ0) is 17.3. The minimum absolute atomic E-state index is 0.0345. The summed E-state index contributed by atoms with van der Waals surface area (Å²) in [6.45, 7) is 2.33. The van der Waals surface area contributed by atoms with Gasteiger partial charge < -0.3 is 16.4 Å². The van der Waals surface area contributed by atoms with E-state index in [0.29, 0.717) is 31.2 Å². The third-order valence-corrected chi connectivity index (χ3v) is 5.85. The van der Waals surface area contributed by atoms with Gasteiger partial charge in [-0.25, -0.2) is 4.79 Å². The van der Waals surface area contributed by atoms with Gasteiger partial charge in [0.25, 0.3) is 5.91 Å². The van der Waals surface area contributed by atoms with Gasteiger partial charge in [0.05, 0.1) is 0 Å². The van der Waals surface area contributed by atoms with E-state index in [-0.39, 0.29) is 24.4 Å². The van der Waals surface area contributed by atoms with E-state index in [1.807, 2.05) is 0 Å². The van der Waals surface area contributed by atoms with Gasteiger partial charge in [-0.05, 0) is 50.4 Å². The highest BCUT2D eigenvalue weighted by Crippen LogP contribution is 2.37. The predicted molar refractivity (Wildman–Crippen MR) is 88.9 cm³/mol. The number of urea groups is 1. The van der Waals surface area contributed by atoms with E-state index in [1.165, 1.54) is 0 Å². The Balaban J connectivity index is 1.53. The van der Waals surface area contributed by atoms with Crippen LogP contribution < -0.4 is 16.4 Å². The average Bonchev–Trinajstić information content (AvgIpc) is 3.39. The van der Waals surface area contributed by atoms with E-state index < -0.39 is 11.6 Å². The predicted octanol–water partition coefficient (Wildman–Crippen LogP) is 0.731. The van der Waals surface area contributed by atoms with Gasteiger partial charge in [-0.3, -0.25) is 14.5 Å². The van der Waals surface area contributed by atoms with Crippen molar-refractivity contribution >= 4 is 17.8 Å². The second-order valence-corrected chi connectivity index (χ2v) is 7.56. The Morgan fingerprint density at radius 3 is 2.58 bits per heavy atom. The maximum atomic E-state index is 12.7. The first-order valence-electron chi connectivity index (χ1n) is 9.11. The Morgan fingerprint density at radius 1 is 1.33 bits per heavy atom. The maximum absolute atomic E-state index is 12.7. The molecule has 1 atom stereocenters. The topological polar surface area (TPSA) is 105 Å². The average molecular weight is 336 g/mol. The lowest BCUT2D eigenvalue weighted by Crippen LogP contribution is -2.50. The molecule has 2 saturated carbocycles. The summed E-state index contributed by atoms with van der Waals surface area (Å²) in [4.78, 5) is 38.0. The number of nitrogens with zero attached hydrogens (tertiary/aromatic N) is 1. The van der Waals surface area contributed by atoms with Gasteiger partial charge in [0.1, 0.15) is 12.1 Å². The van der Waals surface area contributed by atoms with E-state index in [2.05, 4.69) is 17.6 Å². The SMILES string of the molecule is CCC1CCC2(CC1)NC(=O)N(CC(=O)NCC(N)C1CC1)C2=O. The summed E-state index contributed by atoms with van der Waals surface area (Å²) in [5.74, 6) is 0.554. The molecule has 24 heavy (non-hydrogen) atoms. The van der Waals surface area contributed by atoms with Crippen molar-refractivity contribution in [3.05, 3.63) is 0 Å². The molecule has 3 aliphatic rings. The molecule has 3 rings (SSSR count). The van der Waals surface area contributed by atoms with E-state index in [1.54, 1.807) is 0 Å². The fourth-order valence-corrected chi connectivity index (χ4v) is 3.86. The second-order valence-electron chi connectivity index (χ2n) is 7.56. The maximum Gasteiger partial charge on any atom is 0.325 e. The lowest BCUT2D eigenvalue weighted by atomic mass is 9.75. The molecule has 1 spiro atoms. The van der Waals surface area contributed by atoms with Gasteiger partial charge in [0.2, 0.25) is 5.91 Å². The molecule has 4 amide bonds. The molecule has 1 heterocycles. The number of hydrogen-bond donors (Lipinski definition) is 3. The van der Waals surface area contributed by atoms with Crippen molar-refractivity contribution in [1.29, 1.82) is 0 Å². The van der Waals surface area contributed by atoms with Gasteiger partial charge in [-0.1, -0.05) is 13.3 Å². The number of hydrogen-bond acceptors (Lipinski definition) is 4. The van der Waals surface area contributed by atoms with E-state index in [0.717, 1.165) is 37.0 Å². The number of nitrogens with one attached hydrogen (secondary N) is 2. The molecule has 134 valence electrons. The van der Waals surface area contributed by atoms with Crippen molar-refractivity contribution in [2.24, 2.45) is 17.6 Å². The highest BCUT2D eigenvalue weighted by atomic mass is 16.2. The molecule has 1 saturated heterocycles. The Labute approximate surface area is 142 Å². The van der Waals surface area contributed by atoms with Crippen LogP contribution in [0.1, 0.15) is 51.9 Å². The van der Waals surface area contributed by atoms with Crippen LogP contribution in [0.4, 0.5) is 4.79 Å². The first kappa shape index (κ1) is 17.2. The fraction of sp³-hybridized carbons (Fsp3) is 0.824. The van der Waals surface area contributed by atoms with Crippen LogP contribution in [0.15, 0.2) is 0 Å². The first-order chi connectivity index (χ1) is 11.4. The smallest absolute Gasteiger partial charge is 0.325 e. The zero-order valence-corrected chi connectivity index (χ0v) is 14.3. The molecule has 0 radical (unpaired) electrons. The molecule has 0 bridgehead atoms. The Morgan fingerprint density at radius 2 is 2.00 bits per heavy atom. The van der Waals surface area contributed by atoms with E-state index >= 15 is 0 Å². The van der Waals surface area contributed by atoms with Gasteiger partial charge in [-0.2, -0.15) is 0 Å². The standard InChI is InChI=1S/C17H28N4O3/c1-2-11-5-7-17(8-6-11)15(23)21(16(24)20-17)10-14(22)19-9-13(18)12-3-4-12/h11-13H,2-10,18H2,1H3,(H,19,22)(H,20,24). The van der Waals surface area contributed by atoms with Crippen molar-refractivity contribution in [3.63, 3.8) is 0 Å². The summed E-state index contributed by atoms with van der Waals surface area (Å²) in [6.07, 6.45) is 6.56. The summed E-state index contributed by atoms with van der Waals surface area (Å²) in [5.41, 5.74) is 5.17. The lowest BCUT2D eigenvalue weighted by Gasteiger charge is -2.34. The molecule has 0 aromatic rings. The van der Waals surface area contributed by atoms with Gasteiger partial charge in [-0.15, -0.1) is 0 Å². The van der Waals surface area contributed by atoms with E-state index in [9.17, 15) is 14.4 Å². The van der Waals surface area contributed by atoms with Crippen LogP contribution >= 0.6 is 0 Å². The van der Waals surface area contributed by atoms with Crippen molar-refractivity contribution in [2.45, 2.75) is 63.5 Å². The monoisotopic (exact) mass is 336 g/mol. The Kier molecular flexibility index (Phi) is 4.80. The fourth-order valence-electron chi connectivity index (χ4n) is 3.86. The summed E-state index contributed by atoms with van der Waals surface area (Å²) in [6, 6.07) is -0.482. The molecule has 4 N–H and O–H groups in total. The number of carbonyl (C=O) groups excluding carboxylic acids is 3. The quantitative estimate of drug-likeness (QED) is 0.622. The minimum atomic E-state index is -0.784. The first-order valence-corrected chi connectivity index (χ1v) is 9.11. The highest BCUT2D eigenvalue weighted by molar-refractivity contribution is 6.09. The largest absolute Gasteiger partial charge is 0.353 e. The number of rotatable bonds is 6. The molecule has 7 heteroatoms. The molecule has 0 aromatic carbocycles. The number of imide groups is 1. The molecule has 2 aliphatic carbocycles. The molecule has 3 fully saturated rings. The van der Waals surface area contributed by atoms with Crippen LogP contribution in [0.25, 0.3) is 0 Å². The molecule has 0 aromatic heterocycles. The number of nitrogens with two attached hydrogens (primary N) is 1. The second kappa shape index (κ2) is 6.70. The van der Waals surface area contributed by atoms with Crippen molar-refractivity contribution in [2.75, 3.05) is 13.1 Å². The normalized spacial score (nSPS) is 31.2.